The minimum absolute atomic E-state index is 0.0244. The summed E-state index contributed by atoms with van der Waals surface area (Å²) < 4.78 is 71.9. The fourth-order valence-corrected chi connectivity index (χ4v) is 4.52. The van der Waals surface area contributed by atoms with Crippen molar-refractivity contribution >= 4 is 11.6 Å². The molecule has 1 aliphatic rings. The minimum Gasteiger partial charge on any atom is -0.263 e. The second kappa shape index (κ2) is 9.48. The Morgan fingerprint density at radius 3 is 2.56 bits per heavy atom. The van der Waals surface area contributed by atoms with Gasteiger partial charge in [-0.3, -0.25) is 9.67 Å². The van der Waals surface area contributed by atoms with Crippen molar-refractivity contribution in [2.24, 2.45) is 5.92 Å². The number of hydrogen-bond acceptors (Lipinski definition) is 6. The van der Waals surface area contributed by atoms with Gasteiger partial charge < -0.3 is 0 Å². The molecule has 16 heteroatoms. The van der Waals surface area contributed by atoms with Gasteiger partial charge in [0, 0.05) is 35.9 Å². The fraction of sp³-hybridized carbons (Fsp3) is 0.261. The Morgan fingerprint density at radius 1 is 1.10 bits per heavy atom. The predicted octanol–water partition coefficient (Wildman–Crippen LogP) is 4.42. The Bertz CT molecular complexity index is 1620. The molecule has 0 aliphatic heterocycles. The van der Waals surface area contributed by atoms with Gasteiger partial charge in [-0.2, -0.15) is 18.6 Å². The Hall–Kier alpha value is -4.27. The van der Waals surface area contributed by atoms with Crippen LogP contribution < -0.4 is 4.68 Å². The van der Waals surface area contributed by atoms with Gasteiger partial charge in [0.2, 0.25) is 0 Å². The van der Waals surface area contributed by atoms with Crippen LogP contribution in [0.5, 0.6) is 0 Å². The monoisotopic (exact) mass is 563 g/mol. The molecule has 0 saturated heterocycles. The molecule has 200 valence electrons. The number of tetrazole rings is 1. The highest BCUT2D eigenvalue weighted by molar-refractivity contribution is 6.31. The lowest BCUT2D eigenvalue weighted by atomic mass is 10.0. The normalized spacial score (nSPS) is 17.1. The van der Waals surface area contributed by atoms with E-state index in [4.69, 9.17) is 11.6 Å². The van der Waals surface area contributed by atoms with E-state index in [2.05, 4.69) is 35.9 Å². The van der Waals surface area contributed by atoms with Crippen LogP contribution in [0, 0.1) is 11.7 Å². The lowest BCUT2D eigenvalue weighted by Gasteiger charge is -2.18. The molecule has 0 amide bonds. The van der Waals surface area contributed by atoms with Gasteiger partial charge in [0.15, 0.2) is 11.0 Å². The summed E-state index contributed by atoms with van der Waals surface area (Å²) in [6.07, 6.45) is 6.49. The Balaban J connectivity index is 1.35. The summed E-state index contributed by atoms with van der Waals surface area (Å²) in [4.78, 5) is 4.47. The molecule has 2 atom stereocenters. The number of pyridine rings is 1. The highest BCUT2D eigenvalue weighted by Crippen LogP contribution is 2.53. The van der Waals surface area contributed by atoms with E-state index in [0.29, 0.717) is 27.2 Å². The first-order valence-corrected chi connectivity index (χ1v) is 11.9. The van der Waals surface area contributed by atoms with Crippen molar-refractivity contribution < 1.29 is 26.6 Å². The molecule has 10 nitrogen and oxygen atoms in total. The lowest BCUT2D eigenvalue weighted by Crippen LogP contribution is -2.33. The number of hydrogen-bond donors (Lipinski definition) is 1. The Kier molecular flexibility index (Phi) is 6.09. The zero-order valence-electron chi connectivity index (χ0n) is 19.6. The van der Waals surface area contributed by atoms with Crippen molar-refractivity contribution in [2.45, 2.75) is 31.4 Å². The van der Waals surface area contributed by atoms with Gasteiger partial charge in [-0.1, -0.05) is 28.1 Å². The van der Waals surface area contributed by atoms with Crippen LogP contribution in [0.2, 0.25) is 5.02 Å². The number of nitrogens with zero attached hydrogens (tertiary/aromatic N) is 9. The van der Waals surface area contributed by atoms with Gasteiger partial charge in [-0.25, -0.2) is 13.2 Å². The van der Waals surface area contributed by atoms with Crippen molar-refractivity contribution in [2.75, 3.05) is 0 Å². The van der Waals surface area contributed by atoms with E-state index in [1.165, 1.54) is 40.3 Å². The zero-order chi connectivity index (χ0) is 27.3. The summed E-state index contributed by atoms with van der Waals surface area (Å²) in [5.74, 6) is -4.35. The molecule has 0 spiro atoms. The first-order chi connectivity index (χ1) is 18.7. The van der Waals surface area contributed by atoms with E-state index in [-0.39, 0.29) is 29.1 Å². The molecule has 1 aromatic carbocycles. The maximum atomic E-state index is 15.2. The standard InChI is InChI=1S/C23H16ClF5N10/c24-15-2-4-18(39-11-31-34-36-39)20(21(15)25)12-1-3-16(30-7-12)19(5-14-6-23(14,28)29)37-9-13(8-32-37)17-10-38(22(26)27)35-33-17/h1-4,7-11,14,19,22H,5-6H2/p+1/t14-,19+/m1/s1. The van der Waals surface area contributed by atoms with Crippen molar-refractivity contribution in [1.29, 1.82) is 0 Å². The van der Waals surface area contributed by atoms with Crippen LogP contribution in [-0.4, -0.2) is 51.2 Å². The summed E-state index contributed by atoms with van der Waals surface area (Å²) in [5, 5.41) is 21.2. The van der Waals surface area contributed by atoms with Crippen LogP contribution in [0.25, 0.3) is 28.1 Å². The van der Waals surface area contributed by atoms with Gasteiger partial charge in [-0.05, 0) is 24.6 Å². The summed E-state index contributed by atoms with van der Waals surface area (Å²) in [6.45, 7) is -2.86. The molecule has 0 unspecified atom stereocenters. The molecule has 0 radical (unpaired) electrons. The van der Waals surface area contributed by atoms with Crippen LogP contribution in [0.4, 0.5) is 22.0 Å². The SMILES string of the molecule is Fc1c(Cl)ccc(-[n+]2cnn[nH]2)c1-c1ccc([C@H](C[C@@H]2CC2(F)F)n2cc(-c3cn(C(F)F)nn3)cn2)nc1. The largest absolute Gasteiger partial charge is 0.334 e. The van der Waals surface area contributed by atoms with Crippen molar-refractivity contribution in [3.8, 4) is 28.1 Å². The van der Waals surface area contributed by atoms with Gasteiger partial charge in [0.05, 0.1) is 34.7 Å². The smallest absolute Gasteiger partial charge is 0.263 e. The number of nitrogens with one attached hydrogen (secondary N) is 1. The van der Waals surface area contributed by atoms with E-state index >= 15 is 4.39 Å². The number of halogens is 6. The first kappa shape index (κ1) is 25.0. The van der Waals surface area contributed by atoms with Gasteiger partial charge in [0.25, 0.3) is 12.2 Å². The van der Waals surface area contributed by atoms with E-state index in [0.717, 1.165) is 6.20 Å². The molecule has 5 aromatic rings. The zero-order valence-corrected chi connectivity index (χ0v) is 20.4. The van der Waals surface area contributed by atoms with Gasteiger partial charge >= 0.3 is 6.55 Å². The quantitative estimate of drug-likeness (QED) is 0.221. The molecule has 1 N–H and O–H groups in total. The molecule has 1 aliphatic carbocycles. The molecular weight excluding hydrogens is 547 g/mol. The average molecular weight is 564 g/mol. The molecular formula is C23H17ClF5N10+. The fourth-order valence-electron chi connectivity index (χ4n) is 4.36. The van der Waals surface area contributed by atoms with Crippen LogP contribution in [0.1, 0.15) is 31.1 Å². The predicted molar refractivity (Wildman–Crippen MR) is 124 cm³/mol. The third-order valence-electron chi connectivity index (χ3n) is 6.52. The molecule has 0 bridgehead atoms. The lowest BCUT2D eigenvalue weighted by molar-refractivity contribution is -0.659. The molecule has 1 fully saturated rings. The van der Waals surface area contributed by atoms with Crippen molar-refractivity contribution in [3.63, 3.8) is 0 Å². The third-order valence-corrected chi connectivity index (χ3v) is 6.81. The van der Waals surface area contributed by atoms with Crippen LogP contribution in [0.3, 0.4) is 0 Å². The second-order valence-corrected chi connectivity index (χ2v) is 9.42. The maximum Gasteiger partial charge on any atom is 0.334 e. The topological polar surface area (TPSA) is 107 Å². The molecule has 1 saturated carbocycles. The van der Waals surface area contributed by atoms with Crippen LogP contribution in [-0.2, 0) is 0 Å². The first-order valence-electron chi connectivity index (χ1n) is 11.6. The van der Waals surface area contributed by atoms with Crippen LogP contribution in [0.15, 0.2) is 55.4 Å². The molecule has 4 aromatic heterocycles. The van der Waals surface area contributed by atoms with E-state index in [1.54, 1.807) is 18.2 Å². The Labute approximate surface area is 221 Å². The van der Waals surface area contributed by atoms with E-state index < -0.39 is 30.2 Å². The number of benzene rings is 1. The summed E-state index contributed by atoms with van der Waals surface area (Å²) in [7, 11) is 0. The summed E-state index contributed by atoms with van der Waals surface area (Å²) in [5.41, 5.74) is 1.80. The number of rotatable bonds is 8. The molecule has 4 heterocycles. The molecule has 6 rings (SSSR count). The number of alkyl halides is 4. The van der Waals surface area contributed by atoms with Crippen LogP contribution >= 0.6 is 11.6 Å². The summed E-state index contributed by atoms with van der Waals surface area (Å²) in [6, 6.07) is 5.46. The average Bonchev–Trinajstić information content (AvgIpc) is 3.50. The van der Waals surface area contributed by atoms with Gasteiger partial charge in [-0.15, -0.1) is 9.78 Å². The maximum absolute atomic E-state index is 15.2. The highest BCUT2D eigenvalue weighted by Gasteiger charge is 2.57. The highest BCUT2D eigenvalue weighted by atomic mass is 35.5. The van der Waals surface area contributed by atoms with Gasteiger partial charge in [0.1, 0.15) is 16.5 Å². The van der Waals surface area contributed by atoms with E-state index in [1.807, 2.05) is 0 Å². The summed E-state index contributed by atoms with van der Waals surface area (Å²) >= 11 is 6.04. The number of H-pyrrole nitrogens is 1. The minimum atomic E-state index is -2.86. The van der Waals surface area contributed by atoms with Crippen molar-refractivity contribution in [1.82, 2.24) is 45.3 Å². The number of aromatic amines is 1. The number of aromatic nitrogens is 10. The van der Waals surface area contributed by atoms with E-state index in [9.17, 15) is 17.6 Å². The molecule has 39 heavy (non-hydrogen) atoms. The second-order valence-electron chi connectivity index (χ2n) is 9.01. The Morgan fingerprint density at radius 2 is 1.92 bits per heavy atom. The van der Waals surface area contributed by atoms with Crippen molar-refractivity contribution in [3.05, 3.63) is 71.9 Å². The third kappa shape index (κ3) is 4.73.